The summed E-state index contributed by atoms with van der Waals surface area (Å²) in [6.45, 7) is 9.24. The van der Waals surface area contributed by atoms with Crippen LogP contribution in [0.3, 0.4) is 0 Å². The van der Waals surface area contributed by atoms with Crippen molar-refractivity contribution >= 4 is 5.97 Å². The molecule has 0 saturated heterocycles. The first-order valence-electron chi connectivity index (χ1n) is 8.79. The van der Waals surface area contributed by atoms with E-state index in [0.717, 1.165) is 36.0 Å². The lowest BCUT2D eigenvalue weighted by Gasteiger charge is -2.46. The Balaban J connectivity index is 1.91. The number of carbonyl (C=O) groups is 1. The van der Waals surface area contributed by atoms with Crippen LogP contribution in [0.2, 0.25) is 0 Å². The fourth-order valence-corrected chi connectivity index (χ4v) is 4.59. The molecule has 21 heavy (non-hydrogen) atoms. The van der Waals surface area contributed by atoms with Crippen molar-refractivity contribution < 1.29 is 9.53 Å². The molecule has 2 nitrogen and oxygen atoms in total. The van der Waals surface area contributed by atoms with E-state index in [9.17, 15) is 4.79 Å². The predicted molar refractivity (Wildman–Crippen MR) is 86.9 cm³/mol. The van der Waals surface area contributed by atoms with Crippen LogP contribution in [0.25, 0.3) is 0 Å². The van der Waals surface area contributed by atoms with Gasteiger partial charge in [-0.1, -0.05) is 31.9 Å². The summed E-state index contributed by atoms with van der Waals surface area (Å²) in [5, 5.41) is 0. The molecule has 2 rings (SSSR count). The molecule has 0 aromatic heterocycles. The highest BCUT2D eigenvalue weighted by Crippen LogP contribution is 2.48. The zero-order chi connectivity index (χ0) is 15.4. The van der Waals surface area contributed by atoms with E-state index in [1.54, 1.807) is 5.57 Å². The lowest BCUT2D eigenvalue weighted by atomic mass is 9.59. The van der Waals surface area contributed by atoms with Crippen molar-refractivity contribution in [3.05, 3.63) is 11.6 Å². The summed E-state index contributed by atoms with van der Waals surface area (Å²) in [5.41, 5.74) is 1.60. The minimum absolute atomic E-state index is 0.153. The van der Waals surface area contributed by atoms with Crippen LogP contribution in [0.4, 0.5) is 0 Å². The summed E-state index contributed by atoms with van der Waals surface area (Å²) in [6.07, 6.45) is 10.3. The summed E-state index contributed by atoms with van der Waals surface area (Å²) >= 11 is 0. The van der Waals surface area contributed by atoms with Crippen LogP contribution in [-0.2, 0) is 9.53 Å². The molecule has 0 unspecified atom stereocenters. The van der Waals surface area contributed by atoms with E-state index in [0.29, 0.717) is 6.61 Å². The number of rotatable bonds is 5. The highest BCUT2D eigenvalue weighted by molar-refractivity contribution is 5.65. The van der Waals surface area contributed by atoms with Gasteiger partial charge in [0.15, 0.2) is 0 Å². The van der Waals surface area contributed by atoms with Crippen molar-refractivity contribution in [2.45, 2.75) is 66.2 Å². The number of fused-ring (bicyclic) bond motifs is 1. The Morgan fingerprint density at radius 1 is 1.38 bits per heavy atom. The molecular weight excluding hydrogens is 260 g/mol. The topological polar surface area (TPSA) is 26.3 Å². The van der Waals surface area contributed by atoms with E-state index in [-0.39, 0.29) is 5.97 Å². The van der Waals surface area contributed by atoms with Crippen LogP contribution < -0.4 is 0 Å². The van der Waals surface area contributed by atoms with Gasteiger partial charge in [-0.05, 0) is 68.6 Å². The molecule has 0 radical (unpaired) electrons. The number of ether oxygens (including phenoxy) is 1. The van der Waals surface area contributed by atoms with Crippen LogP contribution in [0.1, 0.15) is 66.2 Å². The minimum atomic E-state index is -0.153. The van der Waals surface area contributed by atoms with Gasteiger partial charge in [0.25, 0.3) is 0 Å². The number of carbonyl (C=O) groups excluding carboxylic acids is 1. The number of esters is 1. The molecule has 0 N–H and O–H groups in total. The van der Waals surface area contributed by atoms with Crippen molar-refractivity contribution in [2.75, 3.05) is 6.61 Å². The molecule has 5 atom stereocenters. The SMILES string of the molecule is CC(=O)OCCC[C@H](C)[C@@H]1CC[C@@H](C)[C@@H]2CCC(C)=C[C@@H]21. The van der Waals surface area contributed by atoms with E-state index >= 15 is 0 Å². The molecule has 2 heteroatoms. The smallest absolute Gasteiger partial charge is 0.302 e. The monoisotopic (exact) mass is 292 g/mol. The summed E-state index contributed by atoms with van der Waals surface area (Å²) in [7, 11) is 0. The van der Waals surface area contributed by atoms with Crippen molar-refractivity contribution in [3.8, 4) is 0 Å². The van der Waals surface area contributed by atoms with Gasteiger partial charge >= 0.3 is 5.97 Å². The third-order valence-electron chi connectivity index (χ3n) is 5.86. The Morgan fingerprint density at radius 3 is 2.86 bits per heavy atom. The quantitative estimate of drug-likeness (QED) is 0.405. The molecule has 1 fully saturated rings. The Morgan fingerprint density at radius 2 is 2.14 bits per heavy atom. The van der Waals surface area contributed by atoms with Gasteiger partial charge in [-0.25, -0.2) is 0 Å². The highest BCUT2D eigenvalue weighted by atomic mass is 16.5. The Labute approximate surface area is 130 Å². The number of allylic oxidation sites excluding steroid dienone is 2. The molecule has 0 spiro atoms. The van der Waals surface area contributed by atoms with Crippen LogP contribution >= 0.6 is 0 Å². The highest BCUT2D eigenvalue weighted by Gasteiger charge is 2.39. The summed E-state index contributed by atoms with van der Waals surface area (Å²) in [6, 6.07) is 0. The summed E-state index contributed by atoms with van der Waals surface area (Å²) in [5.74, 6) is 4.01. The third kappa shape index (κ3) is 4.34. The van der Waals surface area contributed by atoms with Crippen molar-refractivity contribution in [2.24, 2.45) is 29.6 Å². The van der Waals surface area contributed by atoms with Crippen molar-refractivity contribution in [1.29, 1.82) is 0 Å². The molecular formula is C19H32O2. The molecule has 0 bridgehead atoms. The second-order valence-corrected chi connectivity index (χ2v) is 7.47. The minimum Gasteiger partial charge on any atom is -0.466 e. The second-order valence-electron chi connectivity index (χ2n) is 7.47. The first-order chi connectivity index (χ1) is 9.99. The fraction of sp³-hybridized carbons (Fsp3) is 0.842. The summed E-state index contributed by atoms with van der Waals surface area (Å²) in [4.78, 5) is 10.8. The lowest BCUT2D eigenvalue weighted by molar-refractivity contribution is -0.141. The van der Waals surface area contributed by atoms with Gasteiger partial charge in [-0.3, -0.25) is 4.79 Å². The van der Waals surface area contributed by atoms with E-state index in [1.165, 1.54) is 39.0 Å². The second kappa shape index (κ2) is 7.47. The maximum absolute atomic E-state index is 10.8. The Hall–Kier alpha value is -0.790. The van der Waals surface area contributed by atoms with E-state index in [4.69, 9.17) is 4.74 Å². The predicted octanol–water partition coefficient (Wildman–Crippen LogP) is 4.98. The zero-order valence-corrected chi connectivity index (χ0v) is 14.2. The van der Waals surface area contributed by atoms with Gasteiger partial charge in [0.2, 0.25) is 0 Å². The Bertz CT molecular complexity index is 385. The van der Waals surface area contributed by atoms with E-state index in [2.05, 4.69) is 26.8 Å². The first kappa shape index (κ1) is 16.6. The number of hydrogen-bond donors (Lipinski definition) is 0. The Kier molecular flexibility index (Phi) is 5.89. The van der Waals surface area contributed by atoms with Crippen molar-refractivity contribution in [3.63, 3.8) is 0 Å². The van der Waals surface area contributed by atoms with E-state index < -0.39 is 0 Å². The van der Waals surface area contributed by atoms with Crippen LogP contribution in [-0.4, -0.2) is 12.6 Å². The van der Waals surface area contributed by atoms with Gasteiger partial charge in [0.05, 0.1) is 6.61 Å². The van der Waals surface area contributed by atoms with Crippen LogP contribution in [0.15, 0.2) is 11.6 Å². The molecule has 2 aliphatic carbocycles. The normalized spacial score (nSPS) is 33.8. The maximum Gasteiger partial charge on any atom is 0.302 e. The zero-order valence-electron chi connectivity index (χ0n) is 14.2. The van der Waals surface area contributed by atoms with Gasteiger partial charge in [-0.15, -0.1) is 0 Å². The van der Waals surface area contributed by atoms with Gasteiger partial charge in [0.1, 0.15) is 0 Å². The summed E-state index contributed by atoms with van der Waals surface area (Å²) < 4.78 is 5.07. The van der Waals surface area contributed by atoms with E-state index in [1.807, 2.05) is 0 Å². The fourth-order valence-electron chi connectivity index (χ4n) is 4.59. The molecule has 0 heterocycles. The molecule has 1 saturated carbocycles. The average Bonchev–Trinajstić information content (AvgIpc) is 2.43. The lowest BCUT2D eigenvalue weighted by Crippen LogP contribution is -2.37. The molecule has 0 amide bonds. The number of hydrogen-bond acceptors (Lipinski definition) is 2. The molecule has 2 aliphatic rings. The average molecular weight is 292 g/mol. The van der Waals surface area contributed by atoms with Gasteiger partial charge < -0.3 is 4.74 Å². The van der Waals surface area contributed by atoms with Crippen LogP contribution in [0, 0.1) is 29.6 Å². The van der Waals surface area contributed by atoms with Crippen LogP contribution in [0.5, 0.6) is 0 Å². The molecule has 0 aromatic carbocycles. The molecule has 0 aromatic rings. The third-order valence-corrected chi connectivity index (χ3v) is 5.86. The largest absolute Gasteiger partial charge is 0.466 e. The first-order valence-corrected chi connectivity index (χ1v) is 8.79. The molecule has 0 aliphatic heterocycles. The van der Waals surface area contributed by atoms with Crippen molar-refractivity contribution in [1.82, 2.24) is 0 Å². The molecule has 120 valence electrons. The standard InChI is InChI=1S/C19H32O2/c1-13-7-9-17-15(3)8-10-18(19(17)12-13)14(2)6-5-11-21-16(4)20/h12,14-15,17-19H,5-11H2,1-4H3/t14-,15+,17-,18-,19-/m0/s1. The van der Waals surface area contributed by atoms with Gasteiger partial charge in [-0.2, -0.15) is 0 Å². The maximum atomic E-state index is 10.8. The van der Waals surface area contributed by atoms with Gasteiger partial charge in [0, 0.05) is 6.92 Å².